The van der Waals surface area contributed by atoms with E-state index < -0.39 is 24.0 Å². The molecule has 2 heterocycles. The Morgan fingerprint density at radius 2 is 1.73 bits per heavy atom. The molecule has 226 valence electrons. The van der Waals surface area contributed by atoms with Gasteiger partial charge in [0.05, 0.1) is 18.6 Å². The van der Waals surface area contributed by atoms with Crippen LogP contribution < -0.4 is 22.1 Å². The quantitative estimate of drug-likeness (QED) is 0.295. The van der Waals surface area contributed by atoms with Gasteiger partial charge in [-0.3, -0.25) is 24.0 Å². The number of piperidine rings is 1. The number of carbonyl (C=O) groups excluding carboxylic acids is 5. The smallest absolute Gasteiger partial charge is 0.375 e. The predicted molar refractivity (Wildman–Crippen MR) is 136 cm³/mol. The van der Waals surface area contributed by atoms with Crippen molar-refractivity contribution < 1.29 is 41.9 Å². The largest absolute Gasteiger partial charge is 0.470 e. The molecule has 4 unspecified atom stereocenters. The Hall–Kier alpha value is -2.90. The summed E-state index contributed by atoms with van der Waals surface area (Å²) in [6, 6.07) is -0.748. The van der Waals surface area contributed by atoms with E-state index in [1.807, 2.05) is 11.8 Å². The molecule has 1 spiro atoms. The summed E-state index contributed by atoms with van der Waals surface area (Å²) in [5.41, 5.74) is 9.43. The molecule has 14 heteroatoms. The molecule has 0 radical (unpaired) electrons. The van der Waals surface area contributed by atoms with Gasteiger partial charge in [0, 0.05) is 24.5 Å². The molecule has 40 heavy (non-hydrogen) atoms. The van der Waals surface area contributed by atoms with Crippen LogP contribution in [0.15, 0.2) is 0 Å². The van der Waals surface area contributed by atoms with E-state index in [0.29, 0.717) is 36.7 Å². The van der Waals surface area contributed by atoms with Gasteiger partial charge in [-0.2, -0.15) is 13.2 Å². The van der Waals surface area contributed by atoms with Crippen LogP contribution in [0.4, 0.5) is 13.2 Å². The molecule has 11 nitrogen and oxygen atoms in total. The third kappa shape index (κ3) is 8.31. The Balaban J connectivity index is 0.000000180. The molecule has 5 aliphatic rings. The van der Waals surface area contributed by atoms with Gasteiger partial charge < -0.3 is 31.7 Å². The van der Waals surface area contributed by atoms with E-state index in [0.717, 1.165) is 44.2 Å². The lowest BCUT2D eigenvalue weighted by Crippen LogP contribution is -2.42. The maximum absolute atomic E-state index is 12.1. The van der Waals surface area contributed by atoms with E-state index in [2.05, 4.69) is 30.2 Å². The average Bonchev–Trinajstić information content (AvgIpc) is 3.78. The fourth-order valence-electron chi connectivity index (χ4n) is 5.57. The van der Waals surface area contributed by atoms with Gasteiger partial charge in [-0.1, -0.05) is 13.8 Å². The Bertz CT molecular complexity index is 984. The van der Waals surface area contributed by atoms with Crippen molar-refractivity contribution in [2.24, 2.45) is 34.6 Å². The van der Waals surface area contributed by atoms with Crippen molar-refractivity contribution in [3.8, 4) is 0 Å². The van der Waals surface area contributed by atoms with E-state index in [1.54, 1.807) is 0 Å². The minimum atomic E-state index is -4.86. The molecule has 0 bridgehead atoms. The summed E-state index contributed by atoms with van der Waals surface area (Å²) in [7, 11) is 0. The van der Waals surface area contributed by atoms with Crippen LogP contribution in [0.25, 0.3) is 0 Å². The van der Waals surface area contributed by atoms with E-state index >= 15 is 0 Å². The first-order chi connectivity index (χ1) is 18.5. The molecular formula is C26H40F3N5O6. The van der Waals surface area contributed by atoms with E-state index in [-0.39, 0.29) is 23.5 Å². The first-order valence-corrected chi connectivity index (χ1v) is 13.6. The maximum Gasteiger partial charge on any atom is 0.470 e. The Morgan fingerprint density at radius 3 is 2.12 bits per heavy atom. The molecule has 0 aromatic carbocycles. The van der Waals surface area contributed by atoms with Crippen LogP contribution in [0.3, 0.4) is 0 Å². The van der Waals surface area contributed by atoms with Crippen molar-refractivity contribution in [2.75, 3.05) is 13.1 Å². The van der Waals surface area contributed by atoms with Gasteiger partial charge in [0.1, 0.15) is 6.04 Å². The summed E-state index contributed by atoms with van der Waals surface area (Å²) in [5.74, 6) is -1.30. The minimum Gasteiger partial charge on any atom is -0.375 e. The highest BCUT2D eigenvalue weighted by molar-refractivity contribution is 5.86. The second kappa shape index (κ2) is 11.9. The summed E-state index contributed by atoms with van der Waals surface area (Å²) >= 11 is 0. The second-order valence-corrected chi connectivity index (χ2v) is 12.2. The van der Waals surface area contributed by atoms with E-state index in [9.17, 15) is 32.3 Å². The van der Waals surface area contributed by atoms with Crippen LogP contribution in [-0.2, 0) is 28.7 Å². The summed E-state index contributed by atoms with van der Waals surface area (Å²) in [5, 5.41) is 5.28. The van der Waals surface area contributed by atoms with Crippen LogP contribution in [-0.4, -0.2) is 78.0 Å². The lowest BCUT2D eigenvalue weighted by atomic mass is 9.95. The number of amides is 5. The van der Waals surface area contributed by atoms with Crippen molar-refractivity contribution in [3.63, 3.8) is 0 Å². The van der Waals surface area contributed by atoms with Crippen LogP contribution in [0.1, 0.15) is 65.7 Å². The summed E-state index contributed by atoms with van der Waals surface area (Å²) in [6.45, 7) is 8.63. The van der Waals surface area contributed by atoms with Crippen LogP contribution >= 0.6 is 0 Å². The van der Waals surface area contributed by atoms with Crippen LogP contribution in [0, 0.1) is 23.2 Å². The van der Waals surface area contributed by atoms with Crippen molar-refractivity contribution in [2.45, 2.75) is 95.7 Å². The summed E-state index contributed by atoms with van der Waals surface area (Å²) < 4.78 is 37.8. The van der Waals surface area contributed by atoms with Gasteiger partial charge in [0.25, 0.3) is 0 Å². The number of rotatable bonds is 9. The molecule has 3 aliphatic carbocycles. The van der Waals surface area contributed by atoms with Crippen molar-refractivity contribution in [1.29, 1.82) is 0 Å². The number of hydrogen-bond acceptors (Lipinski definition) is 6. The maximum atomic E-state index is 12.1. The van der Waals surface area contributed by atoms with Gasteiger partial charge in [-0.25, -0.2) is 0 Å². The number of halogens is 3. The third-order valence-corrected chi connectivity index (χ3v) is 8.55. The summed E-state index contributed by atoms with van der Waals surface area (Å²) in [6.07, 6.45) is 2.11. The van der Waals surface area contributed by atoms with Gasteiger partial charge >= 0.3 is 12.1 Å². The molecule has 2 aliphatic heterocycles. The normalized spacial score (nSPS) is 28.0. The van der Waals surface area contributed by atoms with Crippen LogP contribution in [0.5, 0.6) is 0 Å². The minimum absolute atomic E-state index is 0.00880. The molecule has 5 rings (SSSR count). The SMILES string of the molecule is C[C@H](CC(=O)N1CC2C(C1)C2(C)C)OC1CC1.NC(=O)C(CC1CC2(CC2)NC1=O)NC=O.NC(=O)C(F)(F)F. The molecule has 0 aromatic heterocycles. The van der Waals surface area contributed by atoms with Crippen molar-refractivity contribution >= 4 is 30.0 Å². The molecule has 5 fully saturated rings. The molecule has 2 saturated heterocycles. The zero-order chi connectivity index (χ0) is 30.0. The highest BCUT2D eigenvalue weighted by Crippen LogP contribution is 2.62. The van der Waals surface area contributed by atoms with Crippen molar-refractivity contribution in [1.82, 2.24) is 15.5 Å². The second-order valence-electron chi connectivity index (χ2n) is 12.2. The van der Waals surface area contributed by atoms with Gasteiger partial charge in [0.15, 0.2) is 0 Å². The number of nitrogens with two attached hydrogens (primary N) is 2. The summed E-state index contributed by atoms with van der Waals surface area (Å²) in [4.78, 5) is 56.2. The molecule has 5 atom stereocenters. The molecule has 0 aromatic rings. The number of ether oxygens (including phenoxy) is 1. The lowest BCUT2D eigenvalue weighted by molar-refractivity contribution is -0.169. The molecule has 3 saturated carbocycles. The molecule has 5 amide bonds. The highest BCUT2D eigenvalue weighted by Gasteiger charge is 2.62. The Kier molecular flexibility index (Phi) is 9.42. The number of hydrogen-bond donors (Lipinski definition) is 4. The monoisotopic (exact) mass is 575 g/mol. The van der Waals surface area contributed by atoms with E-state index in [1.165, 1.54) is 12.8 Å². The average molecular weight is 576 g/mol. The fourth-order valence-corrected chi connectivity index (χ4v) is 5.57. The molecule has 6 N–H and O–H groups in total. The Labute approximate surface area is 231 Å². The number of nitrogens with zero attached hydrogens (tertiary/aromatic N) is 1. The highest BCUT2D eigenvalue weighted by atomic mass is 19.4. The Morgan fingerprint density at radius 1 is 1.18 bits per heavy atom. The lowest BCUT2D eigenvalue weighted by Gasteiger charge is -2.23. The third-order valence-electron chi connectivity index (χ3n) is 8.55. The number of carbonyl (C=O) groups is 5. The van der Waals surface area contributed by atoms with Crippen molar-refractivity contribution in [3.05, 3.63) is 0 Å². The number of primary amides is 2. The van der Waals surface area contributed by atoms with Gasteiger partial charge in [-0.05, 0) is 62.7 Å². The predicted octanol–water partition coefficient (Wildman–Crippen LogP) is 0.738. The van der Waals surface area contributed by atoms with Gasteiger partial charge in [0.2, 0.25) is 24.1 Å². The zero-order valence-corrected chi connectivity index (χ0v) is 23.1. The first kappa shape index (κ1) is 31.6. The number of likely N-dealkylation sites (tertiary alicyclic amines) is 1. The number of alkyl halides is 3. The zero-order valence-electron chi connectivity index (χ0n) is 23.1. The number of fused-ring (bicyclic) bond motifs is 1. The standard InChI is InChI=1S/C14H23NO2.C10H15N3O3.C2H2F3NO/c1-9(17-10-4-5-10)6-13(16)15-7-11-12(8-15)14(11,2)3;11-8(15)7(12-5-14)3-6-4-10(1-2-10)13-9(6)16;3-2(4,5)1(6)7/h9-12H,4-8H2,1-3H3;5-7H,1-4H2,(H2,11,15)(H,12,14)(H,13,16);(H2,6,7)/t9-,11?,12?;;/m1../s1. The topological polar surface area (TPSA) is 174 Å². The van der Waals surface area contributed by atoms with Crippen LogP contribution in [0.2, 0.25) is 0 Å². The fraction of sp³-hybridized carbons (Fsp3) is 0.808. The number of nitrogens with one attached hydrogen (secondary N) is 2. The van der Waals surface area contributed by atoms with E-state index in [4.69, 9.17) is 15.3 Å². The molecular weight excluding hydrogens is 535 g/mol. The van der Waals surface area contributed by atoms with Gasteiger partial charge in [-0.15, -0.1) is 0 Å². The first-order valence-electron chi connectivity index (χ1n) is 13.6.